The molecule has 0 saturated heterocycles. The molecule has 0 aliphatic heterocycles. The highest BCUT2D eigenvalue weighted by molar-refractivity contribution is 5.95. The Morgan fingerprint density at radius 1 is 1.15 bits per heavy atom. The predicted molar refractivity (Wildman–Crippen MR) is 102 cm³/mol. The first-order valence-corrected chi connectivity index (χ1v) is 8.98. The van der Waals surface area contributed by atoms with E-state index in [1.807, 2.05) is 37.3 Å². The number of hydrogen-bond acceptors (Lipinski definition) is 3. The van der Waals surface area contributed by atoms with E-state index in [2.05, 4.69) is 10.4 Å². The number of halogens is 1. The van der Waals surface area contributed by atoms with Crippen molar-refractivity contribution in [1.82, 2.24) is 15.1 Å². The molecule has 1 N–H and O–H groups in total. The van der Waals surface area contributed by atoms with Gasteiger partial charge in [-0.3, -0.25) is 4.79 Å². The summed E-state index contributed by atoms with van der Waals surface area (Å²) < 4.78 is 20.4. The van der Waals surface area contributed by atoms with Crippen LogP contribution in [0.4, 0.5) is 4.39 Å². The molecule has 3 aromatic rings. The van der Waals surface area contributed by atoms with E-state index >= 15 is 0 Å². The van der Waals surface area contributed by atoms with Crippen LogP contribution < -0.4 is 10.1 Å². The Hall–Kier alpha value is -3.15. The maximum Gasteiger partial charge on any atom is 0.254 e. The van der Waals surface area contributed by atoms with Gasteiger partial charge in [0.05, 0.1) is 29.7 Å². The zero-order chi connectivity index (χ0) is 19.1. The number of amides is 1. The van der Waals surface area contributed by atoms with Gasteiger partial charge in [0, 0.05) is 6.54 Å². The molecule has 27 heavy (non-hydrogen) atoms. The van der Waals surface area contributed by atoms with Gasteiger partial charge in [-0.1, -0.05) is 25.1 Å². The van der Waals surface area contributed by atoms with Crippen molar-refractivity contribution >= 4 is 5.91 Å². The summed E-state index contributed by atoms with van der Waals surface area (Å²) in [4.78, 5) is 12.5. The van der Waals surface area contributed by atoms with Gasteiger partial charge in [-0.2, -0.15) is 5.10 Å². The summed E-state index contributed by atoms with van der Waals surface area (Å²) in [6, 6.07) is 15.6. The molecule has 0 atom stereocenters. The second kappa shape index (κ2) is 8.98. The van der Waals surface area contributed by atoms with Crippen molar-refractivity contribution < 1.29 is 13.9 Å². The molecule has 0 fully saturated rings. The summed E-state index contributed by atoms with van der Waals surface area (Å²) in [5.41, 5.74) is 2.05. The van der Waals surface area contributed by atoms with Gasteiger partial charge in [0.1, 0.15) is 11.6 Å². The zero-order valence-electron chi connectivity index (χ0n) is 15.2. The van der Waals surface area contributed by atoms with Crippen molar-refractivity contribution in [2.24, 2.45) is 0 Å². The van der Waals surface area contributed by atoms with Crippen LogP contribution in [-0.2, 0) is 6.42 Å². The second-order valence-corrected chi connectivity index (χ2v) is 6.02. The molecular weight excluding hydrogens is 345 g/mol. The van der Waals surface area contributed by atoms with Crippen LogP contribution in [0.2, 0.25) is 0 Å². The standard InChI is InChI=1S/C21H22FN3O2/c1-2-20-19(15-24-25(20)17-11-9-16(22)10-12-17)21(26)23-13-6-14-27-18-7-4-3-5-8-18/h3-5,7-12,15H,2,6,13-14H2,1H3,(H,23,26). The van der Waals surface area contributed by atoms with Gasteiger partial charge in [-0.25, -0.2) is 9.07 Å². The minimum Gasteiger partial charge on any atom is -0.494 e. The molecule has 1 heterocycles. The molecule has 0 spiro atoms. The summed E-state index contributed by atoms with van der Waals surface area (Å²) in [7, 11) is 0. The van der Waals surface area contributed by atoms with Crippen molar-refractivity contribution in [1.29, 1.82) is 0 Å². The average Bonchev–Trinajstić information content (AvgIpc) is 3.13. The smallest absolute Gasteiger partial charge is 0.254 e. The van der Waals surface area contributed by atoms with Gasteiger partial charge in [0.25, 0.3) is 5.91 Å². The van der Waals surface area contributed by atoms with Crippen molar-refractivity contribution in [2.75, 3.05) is 13.2 Å². The first-order valence-electron chi connectivity index (χ1n) is 8.98. The lowest BCUT2D eigenvalue weighted by molar-refractivity contribution is 0.0950. The SMILES string of the molecule is CCc1c(C(=O)NCCCOc2ccccc2)cnn1-c1ccc(F)cc1. The molecule has 140 valence electrons. The molecule has 2 aromatic carbocycles. The van der Waals surface area contributed by atoms with Crippen molar-refractivity contribution in [3.8, 4) is 11.4 Å². The third-order valence-corrected chi connectivity index (χ3v) is 4.14. The Bertz CT molecular complexity index is 876. The highest BCUT2D eigenvalue weighted by Gasteiger charge is 2.16. The van der Waals surface area contributed by atoms with E-state index in [1.54, 1.807) is 23.0 Å². The minimum absolute atomic E-state index is 0.167. The molecule has 0 saturated carbocycles. The molecule has 1 aromatic heterocycles. The highest BCUT2D eigenvalue weighted by Crippen LogP contribution is 2.16. The number of hydrogen-bond donors (Lipinski definition) is 1. The first kappa shape index (κ1) is 18.6. The Kier molecular flexibility index (Phi) is 6.20. The number of nitrogens with zero attached hydrogens (tertiary/aromatic N) is 2. The minimum atomic E-state index is -0.306. The van der Waals surface area contributed by atoms with Gasteiger partial charge >= 0.3 is 0 Å². The van der Waals surface area contributed by atoms with Crippen LogP contribution in [0.15, 0.2) is 60.8 Å². The van der Waals surface area contributed by atoms with E-state index in [1.165, 1.54) is 12.1 Å². The van der Waals surface area contributed by atoms with E-state index in [0.29, 0.717) is 31.6 Å². The third-order valence-electron chi connectivity index (χ3n) is 4.14. The van der Waals surface area contributed by atoms with E-state index in [-0.39, 0.29) is 11.7 Å². The topological polar surface area (TPSA) is 56.1 Å². The van der Waals surface area contributed by atoms with Gasteiger partial charge in [0.15, 0.2) is 0 Å². The summed E-state index contributed by atoms with van der Waals surface area (Å²) >= 11 is 0. The van der Waals surface area contributed by atoms with Crippen LogP contribution in [-0.4, -0.2) is 28.8 Å². The Labute approximate surface area is 157 Å². The van der Waals surface area contributed by atoms with E-state index < -0.39 is 0 Å². The van der Waals surface area contributed by atoms with E-state index in [9.17, 15) is 9.18 Å². The highest BCUT2D eigenvalue weighted by atomic mass is 19.1. The van der Waals surface area contributed by atoms with E-state index in [0.717, 1.165) is 17.1 Å². The molecule has 0 aliphatic carbocycles. The average molecular weight is 367 g/mol. The molecular formula is C21H22FN3O2. The van der Waals surface area contributed by atoms with Crippen LogP contribution in [0.25, 0.3) is 5.69 Å². The number of nitrogens with one attached hydrogen (secondary N) is 1. The fourth-order valence-electron chi connectivity index (χ4n) is 2.78. The summed E-state index contributed by atoms with van der Waals surface area (Å²) in [6.45, 7) is 3.00. The monoisotopic (exact) mass is 367 g/mol. The third kappa shape index (κ3) is 4.73. The Morgan fingerprint density at radius 3 is 2.59 bits per heavy atom. The zero-order valence-corrected chi connectivity index (χ0v) is 15.2. The quantitative estimate of drug-likeness (QED) is 0.617. The maximum atomic E-state index is 13.1. The molecule has 3 rings (SSSR count). The predicted octanol–water partition coefficient (Wildman–Crippen LogP) is 3.77. The van der Waals surface area contributed by atoms with Crippen molar-refractivity contribution in [2.45, 2.75) is 19.8 Å². The number of rotatable bonds is 8. The molecule has 0 bridgehead atoms. The number of aromatic nitrogens is 2. The van der Waals surface area contributed by atoms with Crippen molar-refractivity contribution in [3.05, 3.63) is 77.9 Å². The van der Waals surface area contributed by atoms with Crippen molar-refractivity contribution in [3.63, 3.8) is 0 Å². The largest absolute Gasteiger partial charge is 0.494 e. The molecule has 1 amide bonds. The Morgan fingerprint density at radius 2 is 1.89 bits per heavy atom. The number of benzene rings is 2. The van der Waals surface area contributed by atoms with Gasteiger partial charge < -0.3 is 10.1 Å². The van der Waals surface area contributed by atoms with Gasteiger partial charge in [-0.15, -0.1) is 0 Å². The lowest BCUT2D eigenvalue weighted by Crippen LogP contribution is -2.26. The first-order chi connectivity index (χ1) is 13.2. The second-order valence-electron chi connectivity index (χ2n) is 6.02. The summed E-state index contributed by atoms with van der Waals surface area (Å²) in [6.07, 6.45) is 2.89. The summed E-state index contributed by atoms with van der Waals surface area (Å²) in [5.74, 6) is 0.345. The number of carbonyl (C=O) groups excluding carboxylic acids is 1. The van der Waals surface area contributed by atoms with Crippen LogP contribution >= 0.6 is 0 Å². The molecule has 0 radical (unpaired) electrons. The normalized spacial score (nSPS) is 10.6. The van der Waals surface area contributed by atoms with E-state index in [4.69, 9.17) is 4.74 Å². The maximum absolute atomic E-state index is 13.1. The number of ether oxygens (including phenoxy) is 1. The Balaban J connectivity index is 1.56. The van der Waals surface area contributed by atoms with Gasteiger partial charge in [-0.05, 0) is 49.2 Å². The lowest BCUT2D eigenvalue weighted by Gasteiger charge is -2.09. The lowest BCUT2D eigenvalue weighted by atomic mass is 10.2. The molecule has 0 aliphatic rings. The molecule has 6 heteroatoms. The van der Waals surface area contributed by atoms with Crippen LogP contribution in [0.5, 0.6) is 5.75 Å². The van der Waals surface area contributed by atoms with Crippen LogP contribution in [0, 0.1) is 5.82 Å². The summed E-state index contributed by atoms with van der Waals surface area (Å²) in [5, 5.41) is 7.20. The fourth-order valence-corrected chi connectivity index (χ4v) is 2.78. The fraction of sp³-hybridized carbons (Fsp3) is 0.238. The van der Waals surface area contributed by atoms with Crippen LogP contribution in [0.1, 0.15) is 29.4 Å². The van der Waals surface area contributed by atoms with Gasteiger partial charge in [0.2, 0.25) is 0 Å². The number of para-hydroxylation sites is 1. The molecule has 0 unspecified atom stereocenters. The van der Waals surface area contributed by atoms with Crippen LogP contribution in [0.3, 0.4) is 0 Å². The molecule has 5 nitrogen and oxygen atoms in total. The number of carbonyl (C=O) groups is 1.